The monoisotopic (exact) mass is 332 g/mol. The first-order chi connectivity index (χ1) is 10.0. The number of hydrogen-bond donors (Lipinski definition) is 3. The minimum absolute atomic E-state index is 0.0462. The molecular formula is C19H44N2O2. The molecule has 0 aromatic heterocycles. The molecule has 0 saturated heterocycles. The Labute approximate surface area is 145 Å². The second kappa shape index (κ2) is 12.8. The lowest BCUT2D eigenvalue weighted by molar-refractivity contribution is -0.119. The summed E-state index contributed by atoms with van der Waals surface area (Å²) >= 11 is 0. The van der Waals surface area contributed by atoms with E-state index in [2.05, 4.69) is 79.9 Å². The van der Waals surface area contributed by atoms with Gasteiger partial charge in [-0.2, -0.15) is 0 Å². The van der Waals surface area contributed by atoms with Crippen LogP contribution in [0.25, 0.3) is 0 Å². The first-order valence-electron chi connectivity index (χ1n) is 8.60. The zero-order valence-electron chi connectivity index (χ0n) is 17.7. The topological polar surface area (TPSA) is 61.4 Å². The molecule has 4 heteroatoms. The van der Waals surface area contributed by atoms with Crippen LogP contribution in [0.5, 0.6) is 0 Å². The van der Waals surface area contributed by atoms with Crippen LogP contribution in [-0.2, 0) is 4.79 Å². The van der Waals surface area contributed by atoms with Gasteiger partial charge in [-0.25, -0.2) is 0 Å². The molecule has 0 aliphatic rings. The predicted octanol–water partition coefficient (Wildman–Crippen LogP) is 4.18. The number of nitrogens with one attached hydrogen (secondary N) is 2. The Bertz CT molecular complexity index is 281. The molecule has 1 amide bonds. The first kappa shape index (κ1) is 27.2. The van der Waals surface area contributed by atoms with Gasteiger partial charge in [0.25, 0.3) is 0 Å². The average Bonchev–Trinajstić information content (AvgIpc) is 2.33. The molecule has 0 saturated carbocycles. The molecule has 3 N–H and O–H groups in total. The maximum absolute atomic E-state index is 10.4. The molecule has 0 atom stereocenters. The molecule has 0 bridgehead atoms. The van der Waals surface area contributed by atoms with Gasteiger partial charge in [0.15, 0.2) is 0 Å². The molecular weight excluding hydrogens is 288 g/mol. The molecule has 0 aliphatic carbocycles. The maximum atomic E-state index is 10.4. The van der Waals surface area contributed by atoms with Crippen molar-refractivity contribution >= 4 is 5.91 Å². The van der Waals surface area contributed by atoms with Crippen LogP contribution in [0.2, 0.25) is 0 Å². The van der Waals surface area contributed by atoms with Crippen LogP contribution in [0, 0.1) is 16.2 Å². The summed E-state index contributed by atoms with van der Waals surface area (Å²) in [6, 6.07) is 0. The molecule has 142 valence electrons. The Morgan fingerprint density at radius 3 is 1.26 bits per heavy atom. The second-order valence-electron chi connectivity index (χ2n) is 9.53. The molecule has 4 nitrogen and oxygen atoms in total. The van der Waals surface area contributed by atoms with E-state index in [-0.39, 0.29) is 23.5 Å². The Kier molecular flexibility index (Phi) is 15.1. The highest BCUT2D eigenvalue weighted by Gasteiger charge is 2.09. The number of aliphatic hydroxyl groups is 1. The van der Waals surface area contributed by atoms with Crippen molar-refractivity contribution in [2.24, 2.45) is 16.2 Å². The quantitative estimate of drug-likeness (QED) is 0.679. The minimum Gasteiger partial charge on any atom is -0.381 e. The van der Waals surface area contributed by atoms with Gasteiger partial charge in [0.05, 0.1) is 6.73 Å². The fraction of sp³-hybridized carbons (Fsp3) is 0.947. The number of aliphatic hydroxyl groups excluding tert-OH is 1. The van der Waals surface area contributed by atoms with Crippen LogP contribution in [0.4, 0.5) is 0 Å². The van der Waals surface area contributed by atoms with Crippen LogP contribution in [0.15, 0.2) is 0 Å². The Balaban J connectivity index is -0.000000266. The van der Waals surface area contributed by atoms with Crippen LogP contribution in [-0.4, -0.2) is 30.8 Å². The molecule has 0 unspecified atom stereocenters. The van der Waals surface area contributed by atoms with Crippen LogP contribution in [0.1, 0.15) is 82.6 Å². The van der Waals surface area contributed by atoms with Gasteiger partial charge in [-0.1, -0.05) is 75.7 Å². The number of carbonyl (C=O) groups excluding carboxylic acids is 1. The maximum Gasteiger partial charge on any atom is 0.216 e. The van der Waals surface area contributed by atoms with Crippen molar-refractivity contribution in [3.63, 3.8) is 0 Å². The van der Waals surface area contributed by atoms with Crippen molar-refractivity contribution in [2.45, 2.75) is 82.6 Å². The van der Waals surface area contributed by atoms with E-state index in [0.717, 1.165) is 13.1 Å². The van der Waals surface area contributed by atoms with E-state index in [1.807, 2.05) is 0 Å². The third kappa shape index (κ3) is 44.9. The zero-order valence-corrected chi connectivity index (χ0v) is 17.7. The van der Waals surface area contributed by atoms with Gasteiger partial charge in [-0.05, 0) is 16.2 Å². The summed E-state index contributed by atoms with van der Waals surface area (Å²) in [6.07, 6.45) is 1.27. The number of hydrogen-bond acceptors (Lipinski definition) is 3. The molecule has 23 heavy (non-hydrogen) atoms. The number of rotatable bonds is 3. The molecule has 0 aromatic rings. The standard InChI is InChI=1S/C7H15NO.C6H15NO.C6H14/c1-6(9)8-5-7(2,3)4;1-6(2,3)4-7-5-8;1-5-6(2,3)4/h5H2,1-4H3,(H,8,9);7-8H,4-5H2,1-3H3;5H2,1-4H3. The fourth-order valence-electron chi connectivity index (χ4n) is 0.821. The smallest absolute Gasteiger partial charge is 0.216 e. The summed E-state index contributed by atoms with van der Waals surface area (Å²) in [5, 5.41) is 13.9. The van der Waals surface area contributed by atoms with E-state index in [9.17, 15) is 4.79 Å². The summed E-state index contributed by atoms with van der Waals surface area (Å²) in [6.45, 7) is 24.8. The van der Waals surface area contributed by atoms with E-state index in [1.54, 1.807) is 0 Å². The third-order valence-electron chi connectivity index (χ3n) is 2.70. The number of amides is 1. The fourth-order valence-corrected chi connectivity index (χ4v) is 0.821. The summed E-state index contributed by atoms with van der Waals surface area (Å²) in [5.41, 5.74) is 1.02. The van der Waals surface area contributed by atoms with Gasteiger partial charge in [0.2, 0.25) is 5.91 Å². The van der Waals surface area contributed by atoms with Gasteiger partial charge in [0.1, 0.15) is 0 Å². The van der Waals surface area contributed by atoms with Crippen LogP contribution < -0.4 is 10.6 Å². The Morgan fingerprint density at radius 2 is 1.17 bits per heavy atom. The van der Waals surface area contributed by atoms with Crippen molar-refractivity contribution in [2.75, 3.05) is 19.8 Å². The minimum atomic E-state index is 0.0462. The second-order valence-corrected chi connectivity index (χ2v) is 9.53. The highest BCUT2D eigenvalue weighted by atomic mass is 16.3. The van der Waals surface area contributed by atoms with E-state index >= 15 is 0 Å². The normalized spacial score (nSPS) is 11.7. The van der Waals surface area contributed by atoms with Crippen molar-refractivity contribution in [3.8, 4) is 0 Å². The molecule has 0 radical (unpaired) electrons. The lowest BCUT2D eigenvalue weighted by Gasteiger charge is -2.17. The summed E-state index contributed by atoms with van der Waals surface area (Å²) < 4.78 is 0. The van der Waals surface area contributed by atoms with Gasteiger partial charge >= 0.3 is 0 Å². The summed E-state index contributed by atoms with van der Waals surface area (Å²) in [7, 11) is 0. The average molecular weight is 333 g/mol. The van der Waals surface area contributed by atoms with Crippen molar-refractivity contribution in [3.05, 3.63) is 0 Å². The molecule has 0 rings (SSSR count). The molecule has 0 aliphatic heterocycles. The van der Waals surface area contributed by atoms with E-state index in [4.69, 9.17) is 5.11 Å². The Morgan fingerprint density at radius 1 is 0.826 bits per heavy atom. The van der Waals surface area contributed by atoms with Gasteiger partial charge in [-0.3, -0.25) is 10.1 Å². The lowest BCUT2D eigenvalue weighted by Crippen LogP contribution is -2.30. The van der Waals surface area contributed by atoms with Crippen molar-refractivity contribution < 1.29 is 9.90 Å². The largest absolute Gasteiger partial charge is 0.381 e. The van der Waals surface area contributed by atoms with Gasteiger partial charge in [-0.15, -0.1) is 0 Å². The van der Waals surface area contributed by atoms with E-state index in [1.165, 1.54) is 13.3 Å². The Hall–Kier alpha value is -0.610. The zero-order chi connectivity index (χ0) is 19.3. The van der Waals surface area contributed by atoms with Crippen LogP contribution >= 0.6 is 0 Å². The van der Waals surface area contributed by atoms with Gasteiger partial charge in [0, 0.05) is 20.0 Å². The van der Waals surface area contributed by atoms with Crippen LogP contribution in [0.3, 0.4) is 0 Å². The van der Waals surface area contributed by atoms with Crippen molar-refractivity contribution in [1.29, 1.82) is 0 Å². The summed E-state index contributed by atoms with van der Waals surface area (Å²) in [5.74, 6) is 0.0462. The molecule has 0 spiro atoms. The predicted molar refractivity (Wildman–Crippen MR) is 102 cm³/mol. The SMILES string of the molecule is CC(=O)NCC(C)(C)C.CC(C)(C)CNCO.CCC(C)(C)C. The molecule has 0 fully saturated rings. The highest BCUT2D eigenvalue weighted by Crippen LogP contribution is 2.16. The highest BCUT2D eigenvalue weighted by molar-refractivity contribution is 5.72. The number of carbonyl (C=O) groups is 1. The van der Waals surface area contributed by atoms with E-state index < -0.39 is 0 Å². The van der Waals surface area contributed by atoms with E-state index in [0.29, 0.717) is 5.41 Å². The molecule has 0 heterocycles. The summed E-state index contributed by atoms with van der Waals surface area (Å²) in [4.78, 5) is 10.4. The van der Waals surface area contributed by atoms with Crippen molar-refractivity contribution in [1.82, 2.24) is 10.6 Å². The molecule has 0 aromatic carbocycles. The third-order valence-corrected chi connectivity index (χ3v) is 2.70. The first-order valence-corrected chi connectivity index (χ1v) is 8.60. The van der Waals surface area contributed by atoms with Gasteiger partial charge < -0.3 is 10.4 Å². The lowest BCUT2D eigenvalue weighted by atomic mass is 9.94.